The molecule has 0 radical (unpaired) electrons. The summed E-state index contributed by atoms with van der Waals surface area (Å²) < 4.78 is 0.646. The predicted molar refractivity (Wildman–Crippen MR) is 63.3 cm³/mol. The molecule has 4 nitrogen and oxygen atoms in total. The second-order valence-corrected chi connectivity index (χ2v) is 4.11. The molecule has 0 unspecified atom stereocenters. The highest BCUT2D eigenvalue weighted by Crippen LogP contribution is 2.15. The van der Waals surface area contributed by atoms with E-state index in [0.717, 1.165) is 0 Å². The Morgan fingerprint density at radius 2 is 2.06 bits per heavy atom. The van der Waals surface area contributed by atoms with E-state index in [1.54, 1.807) is 31.2 Å². The van der Waals surface area contributed by atoms with Gasteiger partial charge in [0.15, 0.2) is 0 Å². The van der Waals surface area contributed by atoms with Crippen molar-refractivity contribution in [3.8, 4) is 0 Å². The zero-order chi connectivity index (χ0) is 12.1. The molecule has 0 aliphatic rings. The fraction of sp³-hybridized carbons (Fsp3) is 0.273. The van der Waals surface area contributed by atoms with Gasteiger partial charge in [0.05, 0.1) is 5.56 Å². The first-order valence-electron chi connectivity index (χ1n) is 4.84. The first kappa shape index (κ1) is 12.7. The Kier molecular flexibility index (Phi) is 4.49. The van der Waals surface area contributed by atoms with Gasteiger partial charge < -0.3 is 10.4 Å². The minimum Gasteiger partial charge on any atom is -0.480 e. The highest BCUT2D eigenvalue weighted by molar-refractivity contribution is 9.10. The van der Waals surface area contributed by atoms with Crippen LogP contribution in [0, 0.1) is 0 Å². The van der Waals surface area contributed by atoms with Crippen LogP contribution in [0.3, 0.4) is 0 Å². The average Bonchev–Trinajstić information content (AvgIpc) is 2.25. The van der Waals surface area contributed by atoms with Crippen LogP contribution in [0.25, 0.3) is 0 Å². The van der Waals surface area contributed by atoms with Crippen LogP contribution >= 0.6 is 15.9 Å². The van der Waals surface area contributed by atoms with Crippen LogP contribution in [0.15, 0.2) is 28.7 Å². The van der Waals surface area contributed by atoms with Gasteiger partial charge in [0.25, 0.3) is 5.91 Å². The van der Waals surface area contributed by atoms with Gasteiger partial charge in [0.1, 0.15) is 6.04 Å². The lowest BCUT2D eigenvalue weighted by molar-refractivity contribution is -0.139. The van der Waals surface area contributed by atoms with Gasteiger partial charge in [-0.05, 0) is 34.5 Å². The van der Waals surface area contributed by atoms with Gasteiger partial charge in [-0.3, -0.25) is 4.79 Å². The molecule has 5 heteroatoms. The first-order chi connectivity index (χ1) is 7.56. The molecule has 0 aliphatic carbocycles. The Labute approximate surface area is 102 Å². The largest absolute Gasteiger partial charge is 0.480 e. The van der Waals surface area contributed by atoms with E-state index in [9.17, 15) is 9.59 Å². The molecule has 0 saturated heterocycles. The number of carbonyl (C=O) groups is 2. The van der Waals surface area contributed by atoms with Gasteiger partial charge in [0.2, 0.25) is 0 Å². The molecule has 16 heavy (non-hydrogen) atoms. The summed E-state index contributed by atoms with van der Waals surface area (Å²) in [5.41, 5.74) is 0.433. The van der Waals surface area contributed by atoms with Gasteiger partial charge >= 0.3 is 5.97 Å². The van der Waals surface area contributed by atoms with E-state index in [1.807, 2.05) is 0 Å². The summed E-state index contributed by atoms with van der Waals surface area (Å²) in [5.74, 6) is -1.41. The van der Waals surface area contributed by atoms with Crippen LogP contribution in [0.4, 0.5) is 0 Å². The zero-order valence-corrected chi connectivity index (χ0v) is 10.3. The second kappa shape index (κ2) is 5.65. The zero-order valence-electron chi connectivity index (χ0n) is 8.74. The lowest BCUT2D eigenvalue weighted by atomic mass is 10.1. The summed E-state index contributed by atoms with van der Waals surface area (Å²) >= 11 is 3.24. The van der Waals surface area contributed by atoms with E-state index in [4.69, 9.17) is 5.11 Å². The summed E-state index contributed by atoms with van der Waals surface area (Å²) in [6.07, 6.45) is 0.353. The molecule has 0 aliphatic heterocycles. The van der Waals surface area contributed by atoms with Crippen molar-refractivity contribution in [1.29, 1.82) is 0 Å². The summed E-state index contributed by atoms with van der Waals surface area (Å²) in [4.78, 5) is 22.5. The van der Waals surface area contributed by atoms with E-state index in [-0.39, 0.29) is 5.91 Å². The van der Waals surface area contributed by atoms with Crippen LogP contribution in [-0.2, 0) is 4.79 Å². The van der Waals surface area contributed by atoms with Crippen LogP contribution < -0.4 is 5.32 Å². The molecule has 0 aromatic heterocycles. The average molecular weight is 286 g/mol. The monoisotopic (exact) mass is 285 g/mol. The van der Waals surface area contributed by atoms with Crippen LogP contribution in [0.5, 0.6) is 0 Å². The van der Waals surface area contributed by atoms with E-state index in [2.05, 4.69) is 21.2 Å². The Hall–Kier alpha value is -1.36. The molecular weight excluding hydrogens is 274 g/mol. The van der Waals surface area contributed by atoms with Crippen molar-refractivity contribution in [3.05, 3.63) is 34.3 Å². The molecule has 1 amide bonds. The highest BCUT2D eigenvalue weighted by Gasteiger charge is 2.19. The van der Waals surface area contributed by atoms with Crippen molar-refractivity contribution in [2.24, 2.45) is 0 Å². The Morgan fingerprint density at radius 1 is 1.44 bits per heavy atom. The van der Waals surface area contributed by atoms with Gasteiger partial charge in [-0.2, -0.15) is 0 Å². The summed E-state index contributed by atoms with van der Waals surface area (Å²) in [7, 11) is 0. The maximum Gasteiger partial charge on any atom is 0.326 e. The minimum absolute atomic E-state index is 0.353. The topological polar surface area (TPSA) is 66.4 Å². The molecule has 2 N–H and O–H groups in total. The lowest BCUT2D eigenvalue weighted by Crippen LogP contribution is -2.40. The number of carbonyl (C=O) groups excluding carboxylic acids is 1. The van der Waals surface area contributed by atoms with Crippen molar-refractivity contribution in [3.63, 3.8) is 0 Å². The number of benzene rings is 1. The van der Waals surface area contributed by atoms with Crippen LogP contribution in [0.1, 0.15) is 23.7 Å². The molecule has 0 heterocycles. The number of nitrogens with one attached hydrogen (secondary N) is 1. The second-order valence-electron chi connectivity index (χ2n) is 3.25. The number of halogens is 1. The fourth-order valence-electron chi connectivity index (χ4n) is 1.22. The van der Waals surface area contributed by atoms with Gasteiger partial charge in [-0.25, -0.2) is 4.79 Å². The van der Waals surface area contributed by atoms with Gasteiger partial charge in [-0.1, -0.05) is 19.1 Å². The molecular formula is C11H12BrNO3. The Bertz CT molecular complexity index is 406. The van der Waals surface area contributed by atoms with Gasteiger partial charge in [-0.15, -0.1) is 0 Å². The lowest BCUT2D eigenvalue weighted by Gasteiger charge is -2.12. The third-order valence-electron chi connectivity index (χ3n) is 2.13. The molecule has 86 valence electrons. The molecule has 0 spiro atoms. The number of amides is 1. The summed E-state index contributed by atoms with van der Waals surface area (Å²) in [5, 5.41) is 11.3. The molecule has 1 aromatic carbocycles. The fourth-order valence-corrected chi connectivity index (χ4v) is 1.68. The van der Waals surface area contributed by atoms with Crippen molar-refractivity contribution in [2.75, 3.05) is 0 Å². The number of carboxylic acid groups (broad SMARTS) is 1. The number of aliphatic carboxylic acids is 1. The molecule has 1 atom stereocenters. The quantitative estimate of drug-likeness (QED) is 0.890. The highest BCUT2D eigenvalue weighted by atomic mass is 79.9. The van der Waals surface area contributed by atoms with Crippen molar-refractivity contribution in [2.45, 2.75) is 19.4 Å². The maximum atomic E-state index is 11.7. The predicted octanol–water partition coefficient (Wildman–Crippen LogP) is 2.04. The smallest absolute Gasteiger partial charge is 0.326 e. The number of hydrogen-bond donors (Lipinski definition) is 2. The molecule has 0 bridgehead atoms. The van der Waals surface area contributed by atoms with E-state index < -0.39 is 12.0 Å². The van der Waals surface area contributed by atoms with E-state index in [1.165, 1.54) is 0 Å². The Balaban J connectivity index is 2.80. The standard InChI is InChI=1S/C11H12BrNO3/c1-2-9(11(15)16)13-10(14)7-5-3-4-6-8(7)12/h3-6,9H,2H2,1H3,(H,13,14)(H,15,16)/t9-/m1/s1. The SMILES string of the molecule is CC[C@@H](NC(=O)c1ccccc1Br)C(=O)O. The van der Waals surface area contributed by atoms with Crippen molar-refractivity contribution < 1.29 is 14.7 Å². The molecule has 0 saturated carbocycles. The van der Waals surface area contributed by atoms with Gasteiger partial charge in [0, 0.05) is 4.47 Å². The number of rotatable bonds is 4. The third-order valence-corrected chi connectivity index (χ3v) is 2.82. The van der Waals surface area contributed by atoms with E-state index in [0.29, 0.717) is 16.5 Å². The molecule has 1 aromatic rings. The minimum atomic E-state index is -1.03. The van der Waals surface area contributed by atoms with Crippen molar-refractivity contribution in [1.82, 2.24) is 5.32 Å². The van der Waals surface area contributed by atoms with Crippen LogP contribution in [-0.4, -0.2) is 23.0 Å². The number of hydrogen-bond acceptors (Lipinski definition) is 2. The van der Waals surface area contributed by atoms with Crippen LogP contribution in [0.2, 0.25) is 0 Å². The maximum absolute atomic E-state index is 11.7. The van der Waals surface area contributed by atoms with Crippen molar-refractivity contribution >= 4 is 27.8 Å². The van der Waals surface area contributed by atoms with E-state index >= 15 is 0 Å². The molecule has 1 rings (SSSR count). The molecule has 0 fully saturated rings. The third kappa shape index (κ3) is 3.06. The summed E-state index contributed by atoms with van der Waals surface area (Å²) in [6, 6.07) is 6.03. The Morgan fingerprint density at radius 3 is 2.56 bits per heavy atom. The normalized spacial score (nSPS) is 11.9. The first-order valence-corrected chi connectivity index (χ1v) is 5.63. The summed E-state index contributed by atoms with van der Waals surface area (Å²) in [6.45, 7) is 1.71. The number of carboxylic acids is 1.